The number of hydrogen-bond donors (Lipinski definition) is 1. The number of rotatable bonds is 4. The molecule has 94 valence electrons. The van der Waals surface area contributed by atoms with Crippen LogP contribution in [0.3, 0.4) is 0 Å². The van der Waals surface area contributed by atoms with E-state index in [4.69, 9.17) is 10.5 Å². The molecule has 1 aromatic rings. The van der Waals surface area contributed by atoms with Crippen molar-refractivity contribution in [1.29, 1.82) is 0 Å². The Morgan fingerprint density at radius 2 is 1.88 bits per heavy atom. The first-order valence-corrected chi connectivity index (χ1v) is 6.62. The minimum absolute atomic E-state index is 0.169. The number of fused-ring (bicyclic) bond motifs is 1. The number of hydrogen-bond acceptors (Lipinski definition) is 2. The summed E-state index contributed by atoms with van der Waals surface area (Å²) in [4.78, 5) is 0. The van der Waals surface area contributed by atoms with Crippen molar-refractivity contribution in [3.8, 4) is 5.75 Å². The topological polar surface area (TPSA) is 35.2 Å². The van der Waals surface area contributed by atoms with E-state index in [1.54, 1.807) is 0 Å². The number of ether oxygens (including phenoxy) is 1. The van der Waals surface area contributed by atoms with Crippen LogP contribution in [0.1, 0.15) is 44.2 Å². The lowest BCUT2D eigenvalue weighted by Gasteiger charge is -2.27. The van der Waals surface area contributed by atoms with E-state index < -0.39 is 0 Å². The van der Waals surface area contributed by atoms with Crippen LogP contribution in [0.15, 0.2) is 18.2 Å². The Hall–Kier alpha value is -1.02. The molecule has 0 amide bonds. The van der Waals surface area contributed by atoms with Crippen LogP contribution in [-0.4, -0.2) is 12.1 Å². The van der Waals surface area contributed by atoms with Gasteiger partial charge in [0, 0.05) is 0 Å². The van der Waals surface area contributed by atoms with Crippen molar-refractivity contribution in [1.82, 2.24) is 0 Å². The summed E-state index contributed by atoms with van der Waals surface area (Å²) < 4.78 is 6.03. The molecule has 2 rings (SSSR count). The minimum Gasteiger partial charge on any atom is -0.488 e. The lowest BCUT2D eigenvalue weighted by atomic mass is 9.91. The molecule has 0 saturated carbocycles. The summed E-state index contributed by atoms with van der Waals surface area (Å²) in [5, 5.41) is 0. The fourth-order valence-corrected chi connectivity index (χ4v) is 2.49. The summed E-state index contributed by atoms with van der Waals surface area (Å²) in [6, 6.07) is 6.54. The molecule has 0 unspecified atom stereocenters. The molecule has 0 bridgehead atoms. The van der Waals surface area contributed by atoms with Gasteiger partial charge in [-0.2, -0.15) is 0 Å². The number of benzene rings is 1. The number of aryl methyl sites for hydroxylation is 2. The molecule has 0 aromatic heterocycles. The van der Waals surface area contributed by atoms with Gasteiger partial charge in [0.05, 0.1) is 0 Å². The SMILES string of the molecule is CC(C)(CCN)Oc1ccc2c(c1)CCCC2. The van der Waals surface area contributed by atoms with Crippen molar-refractivity contribution >= 4 is 0 Å². The Balaban J connectivity index is 2.11. The van der Waals surface area contributed by atoms with Gasteiger partial charge in [-0.25, -0.2) is 0 Å². The zero-order chi connectivity index (χ0) is 12.3. The number of nitrogens with two attached hydrogens (primary N) is 1. The first-order chi connectivity index (χ1) is 8.11. The first kappa shape index (κ1) is 12.4. The van der Waals surface area contributed by atoms with Crippen molar-refractivity contribution < 1.29 is 4.74 Å². The zero-order valence-electron chi connectivity index (χ0n) is 11.0. The lowest BCUT2D eigenvalue weighted by molar-refractivity contribution is 0.102. The average Bonchev–Trinajstić information content (AvgIpc) is 2.28. The molecule has 0 radical (unpaired) electrons. The van der Waals surface area contributed by atoms with Crippen LogP contribution < -0.4 is 10.5 Å². The van der Waals surface area contributed by atoms with Crippen LogP contribution in [-0.2, 0) is 12.8 Å². The molecule has 0 aliphatic heterocycles. The van der Waals surface area contributed by atoms with Crippen molar-refractivity contribution in [3.63, 3.8) is 0 Å². The second-order valence-electron chi connectivity index (χ2n) is 5.54. The highest BCUT2D eigenvalue weighted by Gasteiger charge is 2.19. The standard InChI is InChI=1S/C15H23NO/c1-15(2,9-10-16)17-14-8-7-12-5-3-4-6-13(12)11-14/h7-8,11H,3-6,9-10,16H2,1-2H3. The monoisotopic (exact) mass is 233 g/mol. The Labute approximate surface area is 104 Å². The first-order valence-electron chi connectivity index (χ1n) is 6.62. The summed E-state index contributed by atoms with van der Waals surface area (Å²) in [6.45, 7) is 4.86. The highest BCUT2D eigenvalue weighted by atomic mass is 16.5. The molecule has 2 N–H and O–H groups in total. The molecule has 1 aliphatic carbocycles. The normalized spacial score (nSPS) is 15.5. The van der Waals surface area contributed by atoms with Gasteiger partial charge in [0.15, 0.2) is 0 Å². The molecule has 0 saturated heterocycles. The van der Waals surface area contributed by atoms with Gasteiger partial charge in [0.2, 0.25) is 0 Å². The van der Waals surface area contributed by atoms with Crippen molar-refractivity contribution in [2.45, 2.75) is 51.6 Å². The Morgan fingerprint density at radius 1 is 1.18 bits per heavy atom. The fraction of sp³-hybridized carbons (Fsp3) is 0.600. The Kier molecular flexibility index (Phi) is 3.72. The van der Waals surface area contributed by atoms with E-state index in [0.29, 0.717) is 6.54 Å². The summed E-state index contributed by atoms with van der Waals surface area (Å²) >= 11 is 0. The third-order valence-corrected chi connectivity index (χ3v) is 3.46. The summed E-state index contributed by atoms with van der Waals surface area (Å²) in [7, 11) is 0. The van der Waals surface area contributed by atoms with Gasteiger partial charge >= 0.3 is 0 Å². The van der Waals surface area contributed by atoms with Gasteiger partial charge in [-0.15, -0.1) is 0 Å². The third-order valence-electron chi connectivity index (χ3n) is 3.46. The van der Waals surface area contributed by atoms with Crippen molar-refractivity contribution in [2.24, 2.45) is 5.73 Å². The van der Waals surface area contributed by atoms with Crippen LogP contribution >= 0.6 is 0 Å². The molecule has 2 nitrogen and oxygen atoms in total. The van der Waals surface area contributed by atoms with E-state index in [1.807, 2.05) is 0 Å². The van der Waals surface area contributed by atoms with E-state index in [0.717, 1.165) is 12.2 Å². The highest BCUT2D eigenvalue weighted by Crippen LogP contribution is 2.28. The van der Waals surface area contributed by atoms with Crippen molar-refractivity contribution in [3.05, 3.63) is 29.3 Å². The Morgan fingerprint density at radius 3 is 2.59 bits per heavy atom. The van der Waals surface area contributed by atoms with E-state index in [1.165, 1.54) is 36.8 Å². The van der Waals surface area contributed by atoms with Gasteiger partial charge < -0.3 is 10.5 Å². The molecule has 0 fully saturated rings. The minimum atomic E-state index is -0.169. The van der Waals surface area contributed by atoms with Gasteiger partial charge in [-0.3, -0.25) is 0 Å². The van der Waals surface area contributed by atoms with Crippen LogP contribution in [0, 0.1) is 0 Å². The fourth-order valence-electron chi connectivity index (χ4n) is 2.49. The van der Waals surface area contributed by atoms with E-state index in [2.05, 4.69) is 32.0 Å². The highest BCUT2D eigenvalue weighted by molar-refractivity contribution is 5.37. The molecule has 17 heavy (non-hydrogen) atoms. The maximum Gasteiger partial charge on any atom is 0.120 e. The predicted octanol–water partition coefficient (Wildman–Crippen LogP) is 3.07. The Bertz CT molecular complexity index is 385. The molecule has 0 spiro atoms. The quantitative estimate of drug-likeness (QED) is 0.867. The lowest BCUT2D eigenvalue weighted by Crippen LogP contribution is -2.31. The van der Waals surface area contributed by atoms with E-state index in [9.17, 15) is 0 Å². The maximum atomic E-state index is 6.03. The van der Waals surface area contributed by atoms with Crippen molar-refractivity contribution in [2.75, 3.05) is 6.54 Å². The summed E-state index contributed by atoms with van der Waals surface area (Å²) in [5.41, 5.74) is 8.40. The van der Waals surface area contributed by atoms with E-state index >= 15 is 0 Å². The second kappa shape index (κ2) is 5.09. The van der Waals surface area contributed by atoms with Crippen LogP contribution in [0.2, 0.25) is 0 Å². The molecular weight excluding hydrogens is 210 g/mol. The zero-order valence-corrected chi connectivity index (χ0v) is 11.0. The van der Waals surface area contributed by atoms with Crippen LogP contribution in [0.25, 0.3) is 0 Å². The van der Waals surface area contributed by atoms with Gasteiger partial charge in [-0.05, 0) is 75.8 Å². The molecule has 0 heterocycles. The smallest absolute Gasteiger partial charge is 0.120 e. The average molecular weight is 233 g/mol. The third kappa shape index (κ3) is 3.22. The van der Waals surface area contributed by atoms with Gasteiger partial charge in [-0.1, -0.05) is 6.07 Å². The molecule has 2 heteroatoms. The largest absolute Gasteiger partial charge is 0.488 e. The van der Waals surface area contributed by atoms with Crippen LogP contribution in [0.5, 0.6) is 5.75 Å². The van der Waals surface area contributed by atoms with Gasteiger partial charge in [0.25, 0.3) is 0 Å². The van der Waals surface area contributed by atoms with Gasteiger partial charge in [0.1, 0.15) is 11.4 Å². The molecule has 1 aliphatic rings. The van der Waals surface area contributed by atoms with Crippen LogP contribution in [0.4, 0.5) is 0 Å². The molecule has 0 atom stereocenters. The summed E-state index contributed by atoms with van der Waals surface area (Å²) in [6.07, 6.45) is 5.93. The second-order valence-corrected chi connectivity index (χ2v) is 5.54. The summed E-state index contributed by atoms with van der Waals surface area (Å²) in [5.74, 6) is 0.990. The molecule has 1 aromatic carbocycles. The molecular formula is C15H23NO. The maximum absolute atomic E-state index is 6.03. The predicted molar refractivity (Wildman–Crippen MR) is 71.5 cm³/mol. The van der Waals surface area contributed by atoms with E-state index in [-0.39, 0.29) is 5.60 Å².